The molecular weight excluding hydrogens is 285 g/mol. The first-order valence-corrected chi connectivity index (χ1v) is 6.41. The molecule has 0 aliphatic rings. The van der Waals surface area contributed by atoms with Crippen molar-refractivity contribution in [1.82, 2.24) is 0 Å². The average molecular weight is 304 g/mol. The van der Waals surface area contributed by atoms with E-state index in [0.717, 1.165) is 0 Å². The number of benzene rings is 1. The highest BCUT2D eigenvalue weighted by Gasteiger charge is 2.52. The summed E-state index contributed by atoms with van der Waals surface area (Å²) in [6, 6.07) is 4.04. The molecule has 0 bridgehead atoms. The van der Waals surface area contributed by atoms with Gasteiger partial charge < -0.3 is 10.2 Å². The number of rotatable bonds is 4. The van der Waals surface area contributed by atoms with Crippen LogP contribution in [0.15, 0.2) is 18.2 Å². The average Bonchev–Trinajstić information content (AvgIpc) is 2.25. The van der Waals surface area contributed by atoms with Crippen LogP contribution in [0.3, 0.4) is 0 Å². The van der Waals surface area contributed by atoms with Gasteiger partial charge in [0.25, 0.3) is 0 Å². The largest absolute Gasteiger partial charge is 0.508 e. The van der Waals surface area contributed by atoms with Gasteiger partial charge in [0.05, 0.1) is 0 Å². The van der Waals surface area contributed by atoms with E-state index < -0.39 is 23.6 Å². The molecule has 6 heteroatoms. The number of ketones is 1. The van der Waals surface area contributed by atoms with Crippen molar-refractivity contribution in [3.8, 4) is 5.75 Å². The molecule has 0 heterocycles. The number of carbonyl (C=O) groups excluding carboxylic acids is 1. The lowest BCUT2D eigenvalue weighted by Gasteiger charge is -2.35. The van der Waals surface area contributed by atoms with Crippen molar-refractivity contribution in [2.75, 3.05) is 0 Å². The minimum atomic E-state index is -4.78. The Hall–Kier alpha value is -1.56. The maximum atomic E-state index is 12.8. The van der Waals surface area contributed by atoms with Crippen LogP contribution in [-0.4, -0.2) is 27.8 Å². The van der Waals surface area contributed by atoms with Crippen molar-refractivity contribution < 1.29 is 28.2 Å². The van der Waals surface area contributed by atoms with Crippen LogP contribution in [0.1, 0.15) is 50.0 Å². The third-order valence-electron chi connectivity index (χ3n) is 3.53. The van der Waals surface area contributed by atoms with E-state index >= 15 is 0 Å². The van der Waals surface area contributed by atoms with Crippen LogP contribution < -0.4 is 0 Å². The number of halogens is 3. The van der Waals surface area contributed by atoms with Crippen LogP contribution in [0.25, 0.3) is 0 Å². The summed E-state index contributed by atoms with van der Waals surface area (Å²) in [6.07, 6.45) is -5.42. The summed E-state index contributed by atoms with van der Waals surface area (Å²) in [5.41, 5.74) is -3.58. The number of aromatic hydroxyl groups is 1. The molecule has 0 aromatic heterocycles. The molecule has 0 aliphatic heterocycles. The number of hydrogen-bond donors (Lipinski definition) is 2. The Morgan fingerprint density at radius 2 is 1.71 bits per heavy atom. The van der Waals surface area contributed by atoms with E-state index in [1.807, 2.05) is 0 Å². The zero-order valence-electron chi connectivity index (χ0n) is 12.4. The first-order valence-electron chi connectivity index (χ1n) is 6.41. The Morgan fingerprint density at radius 3 is 2.14 bits per heavy atom. The Balaban J connectivity index is 3.25. The van der Waals surface area contributed by atoms with E-state index in [0.29, 0.717) is 12.5 Å². The van der Waals surface area contributed by atoms with Gasteiger partial charge in [-0.15, -0.1) is 0 Å². The van der Waals surface area contributed by atoms with Gasteiger partial charge in [-0.1, -0.05) is 13.8 Å². The molecule has 2 N–H and O–H groups in total. The fourth-order valence-corrected chi connectivity index (χ4v) is 2.35. The molecule has 1 aromatic rings. The molecule has 1 atom stereocenters. The molecule has 3 nitrogen and oxygen atoms in total. The lowest BCUT2D eigenvalue weighted by molar-refractivity contribution is -0.259. The summed E-state index contributed by atoms with van der Waals surface area (Å²) in [5, 5.41) is 19.5. The van der Waals surface area contributed by atoms with Gasteiger partial charge in [-0.05, 0) is 43.9 Å². The topological polar surface area (TPSA) is 57.5 Å². The molecule has 1 rings (SSSR count). The Morgan fingerprint density at radius 1 is 1.19 bits per heavy atom. The van der Waals surface area contributed by atoms with Crippen LogP contribution >= 0.6 is 0 Å². The first kappa shape index (κ1) is 17.5. The SMILES string of the molecule is CC(=O)c1ccc(O)c(C(C)(C)CC(C)(O)C(F)(F)F)c1. The quantitative estimate of drug-likeness (QED) is 0.836. The van der Waals surface area contributed by atoms with Gasteiger partial charge in [-0.3, -0.25) is 4.79 Å². The van der Waals surface area contributed by atoms with Crippen molar-refractivity contribution in [1.29, 1.82) is 0 Å². The van der Waals surface area contributed by atoms with E-state index in [1.165, 1.54) is 39.0 Å². The fraction of sp³-hybridized carbons (Fsp3) is 0.533. The fourth-order valence-electron chi connectivity index (χ4n) is 2.35. The van der Waals surface area contributed by atoms with E-state index in [2.05, 4.69) is 0 Å². The minimum Gasteiger partial charge on any atom is -0.508 e. The molecule has 0 saturated carbocycles. The van der Waals surface area contributed by atoms with Gasteiger partial charge >= 0.3 is 6.18 Å². The van der Waals surface area contributed by atoms with Gasteiger partial charge in [-0.2, -0.15) is 13.2 Å². The monoisotopic (exact) mass is 304 g/mol. The normalized spacial score (nSPS) is 15.6. The summed E-state index contributed by atoms with van der Waals surface area (Å²) < 4.78 is 38.5. The van der Waals surface area contributed by atoms with Crippen LogP contribution in [0, 0.1) is 0 Å². The minimum absolute atomic E-state index is 0.194. The third kappa shape index (κ3) is 3.75. The predicted octanol–water partition coefficient (Wildman–Crippen LogP) is 3.58. The Bertz CT molecular complexity index is 546. The number of hydrogen-bond acceptors (Lipinski definition) is 3. The molecule has 0 amide bonds. The molecule has 118 valence electrons. The van der Waals surface area contributed by atoms with E-state index in [9.17, 15) is 28.2 Å². The highest BCUT2D eigenvalue weighted by Crippen LogP contribution is 2.43. The highest BCUT2D eigenvalue weighted by molar-refractivity contribution is 5.94. The molecular formula is C15H19F3O3. The number of phenolic OH excluding ortho intramolecular Hbond substituents is 1. The van der Waals surface area contributed by atoms with Gasteiger partial charge in [-0.25, -0.2) is 0 Å². The maximum Gasteiger partial charge on any atom is 0.416 e. The Kier molecular flexibility index (Phi) is 4.44. The smallest absolute Gasteiger partial charge is 0.416 e. The second-order valence-corrected chi connectivity index (χ2v) is 6.12. The second-order valence-electron chi connectivity index (χ2n) is 6.12. The van der Waals surface area contributed by atoms with Crippen molar-refractivity contribution in [2.24, 2.45) is 0 Å². The molecule has 0 radical (unpaired) electrons. The molecule has 1 unspecified atom stereocenters. The van der Waals surface area contributed by atoms with Crippen molar-refractivity contribution in [2.45, 2.75) is 51.3 Å². The maximum absolute atomic E-state index is 12.8. The van der Waals surface area contributed by atoms with Gasteiger partial charge in [0.15, 0.2) is 11.4 Å². The number of alkyl halides is 3. The third-order valence-corrected chi connectivity index (χ3v) is 3.53. The highest BCUT2D eigenvalue weighted by atomic mass is 19.4. The molecule has 1 aromatic carbocycles. The summed E-state index contributed by atoms with van der Waals surface area (Å²) >= 11 is 0. The molecule has 0 saturated heterocycles. The number of phenols is 1. The van der Waals surface area contributed by atoms with Crippen LogP contribution in [0.5, 0.6) is 5.75 Å². The van der Waals surface area contributed by atoms with Crippen LogP contribution in [-0.2, 0) is 5.41 Å². The van der Waals surface area contributed by atoms with Gasteiger partial charge in [0.1, 0.15) is 5.75 Å². The molecule has 0 aliphatic carbocycles. The summed E-state index contributed by atoms with van der Waals surface area (Å²) in [4.78, 5) is 11.4. The van der Waals surface area contributed by atoms with E-state index in [1.54, 1.807) is 0 Å². The van der Waals surface area contributed by atoms with E-state index in [-0.39, 0.29) is 17.1 Å². The zero-order valence-corrected chi connectivity index (χ0v) is 12.4. The number of Topliss-reactive ketones (excluding diaryl/α,β-unsaturated/α-hetero) is 1. The summed E-state index contributed by atoms with van der Waals surface area (Å²) in [5.74, 6) is -0.461. The lowest BCUT2D eigenvalue weighted by atomic mass is 9.74. The molecule has 21 heavy (non-hydrogen) atoms. The summed E-state index contributed by atoms with van der Waals surface area (Å²) in [6.45, 7) is 4.98. The first-order chi connectivity index (χ1) is 9.28. The van der Waals surface area contributed by atoms with Gasteiger partial charge in [0.2, 0.25) is 0 Å². The van der Waals surface area contributed by atoms with Crippen molar-refractivity contribution in [3.05, 3.63) is 29.3 Å². The van der Waals surface area contributed by atoms with Crippen molar-refractivity contribution in [3.63, 3.8) is 0 Å². The molecule has 0 spiro atoms. The molecule has 0 fully saturated rings. The van der Waals surface area contributed by atoms with Crippen LogP contribution in [0.2, 0.25) is 0 Å². The van der Waals surface area contributed by atoms with E-state index in [4.69, 9.17) is 0 Å². The predicted molar refractivity (Wildman–Crippen MR) is 72.4 cm³/mol. The second kappa shape index (κ2) is 5.33. The number of aliphatic hydroxyl groups is 1. The Labute approximate surface area is 121 Å². The van der Waals surface area contributed by atoms with Gasteiger partial charge in [0, 0.05) is 11.1 Å². The lowest BCUT2D eigenvalue weighted by Crippen LogP contribution is -2.46. The van der Waals surface area contributed by atoms with Crippen molar-refractivity contribution >= 4 is 5.78 Å². The number of carbonyl (C=O) groups is 1. The summed E-state index contributed by atoms with van der Waals surface area (Å²) in [7, 11) is 0. The zero-order chi connectivity index (χ0) is 16.6. The standard InChI is InChI=1S/C15H19F3O3/c1-9(19)10-5-6-12(20)11(7-10)13(2,3)8-14(4,21)15(16,17)18/h5-7,20-21H,8H2,1-4H3. The van der Waals surface area contributed by atoms with Crippen LogP contribution in [0.4, 0.5) is 13.2 Å².